The van der Waals surface area contributed by atoms with Crippen molar-refractivity contribution in [2.45, 2.75) is 37.8 Å². The topological polar surface area (TPSA) is 94.3 Å². The second-order valence-electron chi connectivity index (χ2n) is 7.88. The first-order valence-electron chi connectivity index (χ1n) is 10.6. The van der Waals surface area contributed by atoms with Gasteiger partial charge in [0.2, 0.25) is 5.91 Å². The number of carbonyl (C=O) groups is 1. The number of amides is 1. The number of ether oxygens (including phenoxy) is 1. The molecule has 11 heteroatoms. The number of hydrogen-bond acceptors (Lipinski definition) is 9. The van der Waals surface area contributed by atoms with Crippen molar-refractivity contribution in [3.05, 3.63) is 34.5 Å². The molecule has 0 radical (unpaired) electrons. The van der Waals surface area contributed by atoms with E-state index in [4.69, 9.17) is 9.72 Å². The van der Waals surface area contributed by atoms with Crippen molar-refractivity contribution >= 4 is 71.6 Å². The van der Waals surface area contributed by atoms with Gasteiger partial charge in [0.05, 0.1) is 28.5 Å². The monoisotopic (exact) mass is 496 g/mol. The van der Waals surface area contributed by atoms with E-state index in [1.54, 1.807) is 18.4 Å². The molecule has 0 unspecified atom stereocenters. The number of aromatic nitrogens is 5. The van der Waals surface area contributed by atoms with E-state index in [0.717, 1.165) is 50.5 Å². The van der Waals surface area contributed by atoms with Crippen LogP contribution in [0.1, 0.15) is 29.1 Å². The SMILES string of the molecule is COc1ccc2nc(NC(=O)CSc3nnc4c5c6c(sc5nc(C)n34)CCCC6)sc2c1. The zero-order chi connectivity index (χ0) is 22.5. The molecule has 1 aliphatic carbocycles. The summed E-state index contributed by atoms with van der Waals surface area (Å²) in [5.41, 5.74) is 3.06. The molecule has 6 rings (SSSR count). The van der Waals surface area contributed by atoms with Crippen LogP contribution in [0.5, 0.6) is 5.75 Å². The Morgan fingerprint density at radius 1 is 1.21 bits per heavy atom. The minimum atomic E-state index is -0.137. The maximum atomic E-state index is 12.6. The maximum absolute atomic E-state index is 12.6. The first-order valence-corrected chi connectivity index (χ1v) is 13.3. The number of carbonyl (C=O) groups excluding carboxylic acids is 1. The molecule has 0 aliphatic heterocycles. The van der Waals surface area contributed by atoms with Crippen LogP contribution in [0, 0.1) is 6.92 Å². The molecule has 4 aromatic heterocycles. The van der Waals surface area contributed by atoms with Crippen molar-refractivity contribution in [2.75, 3.05) is 18.2 Å². The number of benzene rings is 1. The Morgan fingerprint density at radius 3 is 2.97 bits per heavy atom. The second-order valence-corrected chi connectivity index (χ2v) is 10.9. The standard InChI is InChI=1S/C22H20N6O2S3/c1-11-23-20-18(13-5-3-4-6-15(13)32-20)19-26-27-22(28(11)19)31-10-17(29)25-21-24-14-8-7-12(30-2)9-16(14)33-21/h7-9H,3-6,10H2,1-2H3,(H,24,25,29). The maximum Gasteiger partial charge on any atom is 0.236 e. The number of methoxy groups -OCH3 is 1. The molecule has 0 fully saturated rings. The molecule has 0 saturated heterocycles. The summed E-state index contributed by atoms with van der Waals surface area (Å²) in [4.78, 5) is 24.4. The Bertz CT molecular complexity index is 1540. The van der Waals surface area contributed by atoms with Crippen LogP contribution in [0.4, 0.5) is 5.13 Å². The Hall–Kier alpha value is -2.76. The Balaban J connectivity index is 1.24. The van der Waals surface area contributed by atoms with Crippen LogP contribution in [-0.2, 0) is 17.6 Å². The lowest BCUT2D eigenvalue weighted by atomic mass is 9.97. The van der Waals surface area contributed by atoms with Crippen LogP contribution in [0.25, 0.3) is 26.1 Å². The minimum absolute atomic E-state index is 0.137. The van der Waals surface area contributed by atoms with Crippen LogP contribution in [0.15, 0.2) is 23.4 Å². The molecular formula is C22H20N6O2S3. The van der Waals surface area contributed by atoms with E-state index >= 15 is 0 Å². The lowest BCUT2D eigenvalue weighted by Gasteiger charge is -2.10. The van der Waals surface area contributed by atoms with Gasteiger partial charge >= 0.3 is 0 Å². The average Bonchev–Trinajstić information content (AvgIpc) is 3.51. The number of thioether (sulfide) groups is 1. The first kappa shape index (κ1) is 20.8. The van der Waals surface area contributed by atoms with E-state index in [-0.39, 0.29) is 11.7 Å². The lowest BCUT2D eigenvalue weighted by molar-refractivity contribution is -0.113. The van der Waals surface area contributed by atoms with Gasteiger partial charge in [-0.15, -0.1) is 21.5 Å². The predicted octanol–water partition coefficient (Wildman–Crippen LogP) is 4.88. The molecule has 8 nitrogen and oxygen atoms in total. The third-order valence-electron chi connectivity index (χ3n) is 5.77. The smallest absolute Gasteiger partial charge is 0.236 e. The largest absolute Gasteiger partial charge is 0.497 e. The number of thiazole rings is 1. The molecule has 1 aromatic carbocycles. The van der Waals surface area contributed by atoms with Crippen molar-refractivity contribution in [3.63, 3.8) is 0 Å². The Labute approximate surface area is 201 Å². The van der Waals surface area contributed by atoms with Crippen molar-refractivity contribution in [1.29, 1.82) is 0 Å². The van der Waals surface area contributed by atoms with Crippen molar-refractivity contribution < 1.29 is 9.53 Å². The summed E-state index contributed by atoms with van der Waals surface area (Å²) in [5.74, 6) is 1.67. The number of aryl methyl sites for hydroxylation is 3. The van der Waals surface area contributed by atoms with Gasteiger partial charge in [0.25, 0.3) is 0 Å². The summed E-state index contributed by atoms with van der Waals surface area (Å²) in [6, 6.07) is 5.66. The van der Waals surface area contributed by atoms with Gasteiger partial charge in [-0.05, 0) is 56.4 Å². The molecule has 0 atom stereocenters. The fourth-order valence-electron chi connectivity index (χ4n) is 4.25. The van der Waals surface area contributed by atoms with E-state index in [1.807, 2.05) is 29.5 Å². The number of fused-ring (bicyclic) bond motifs is 6. The van der Waals surface area contributed by atoms with Gasteiger partial charge in [-0.25, -0.2) is 9.97 Å². The molecule has 0 bridgehead atoms. The van der Waals surface area contributed by atoms with Gasteiger partial charge in [-0.2, -0.15) is 0 Å². The number of hydrogen-bond donors (Lipinski definition) is 1. The van der Waals surface area contributed by atoms with Gasteiger partial charge in [-0.1, -0.05) is 23.1 Å². The zero-order valence-corrected chi connectivity index (χ0v) is 20.5. The van der Waals surface area contributed by atoms with Gasteiger partial charge < -0.3 is 10.1 Å². The summed E-state index contributed by atoms with van der Waals surface area (Å²) in [5, 5.41) is 14.2. The van der Waals surface area contributed by atoms with Gasteiger partial charge in [0.15, 0.2) is 15.9 Å². The van der Waals surface area contributed by atoms with Gasteiger partial charge in [0.1, 0.15) is 16.4 Å². The number of thiophene rings is 1. The van der Waals surface area contributed by atoms with E-state index in [9.17, 15) is 4.79 Å². The molecule has 168 valence electrons. The highest BCUT2D eigenvalue weighted by atomic mass is 32.2. The van der Waals surface area contributed by atoms with Gasteiger partial charge in [-0.3, -0.25) is 9.20 Å². The van der Waals surface area contributed by atoms with E-state index in [0.29, 0.717) is 10.3 Å². The number of nitrogens with one attached hydrogen (secondary N) is 1. The molecule has 33 heavy (non-hydrogen) atoms. The third-order valence-corrected chi connectivity index (χ3v) is 8.82. The summed E-state index contributed by atoms with van der Waals surface area (Å²) in [6.45, 7) is 1.97. The van der Waals surface area contributed by atoms with Crippen LogP contribution >= 0.6 is 34.4 Å². The van der Waals surface area contributed by atoms with Crippen LogP contribution in [-0.4, -0.2) is 43.3 Å². The highest BCUT2D eigenvalue weighted by Crippen LogP contribution is 2.38. The number of nitrogens with zero attached hydrogens (tertiary/aromatic N) is 5. The summed E-state index contributed by atoms with van der Waals surface area (Å²) >= 11 is 4.57. The molecule has 0 saturated carbocycles. The average molecular weight is 497 g/mol. The van der Waals surface area contributed by atoms with Gasteiger partial charge in [0, 0.05) is 4.88 Å². The van der Waals surface area contributed by atoms with Crippen molar-refractivity contribution in [2.24, 2.45) is 0 Å². The summed E-state index contributed by atoms with van der Waals surface area (Å²) in [7, 11) is 1.63. The van der Waals surface area contributed by atoms with E-state index < -0.39 is 0 Å². The Morgan fingerprint density at radius 2 is 2.09 bits per heavy atom. The highest BCUT2D eigenvalue weighted by Gasteiger charge is 2.23. The van der Waals surface area contributed by atoms with Crippen molar-refractivity contribution in [3.8, 4) is 5.75 Å². The summed E-state index contributed by atoms with van der Waals surface area (Å²) < 4.78 is 8.20. The molecule has 1 amide bonds. The van der Waals surface area contributed by atoms with E-state index in [1.165, 1.54) is 46.4 Å². The minimum Gasteiger partial charge on any atom is -0.497 e. The molecule has 0 spiro atoms. The van der Waals surface area contributed by atoms with Crippen LogP contribution in [0.2, 0.25) is 0 Å². The number of rotatable bonds is 5. The molecule has 1 N–H and O–H groups in total. The second kappa shape index (κ2) is 8.23. The number of anilines is 1. The molecule has 4 heterocycles. The van der Waals surface area contributed by atoms with Crippen LogP contribution < -0.4 is 10.1 Å². The molecule has 5 aromatic rings. The third kappa shape index (κ3) is 3.64. The van der Waals surface area contributed by atoms with E-state index in [2.05, 4.69) is 20.5 Å². The summed E-state index contributed by atoms with van der Waals surface area (Å²) in [6.07, 6.45) is 4.63. The normalized spacial score (nSPS) is 13.6. The highest BCUT2D eigenvalue weighted by molar-refractivity contribution is 7.99. The van der Waals surface area contributed by atoms with Crippen LogP contribution in [0.3, 0.4) is 0 Å². The lowest BCUT2D eigenvalue weighted by Crippen LogP contribution is -2.14. The Kier molecular flexibility index (Phi) is 5.19. The first-order chi connectivity index (χ1) is 16.1. The molecule has 1 aliphatic rings. The molecular weight excluding hydrogens is 476 g/mol. The fourth-order valence-corrected chi connectivity index (χ4v) is 7.24. The quantitative estimate of drug-likeness (QED) is 0.347. The fraction of sp³-hybridized carbons (Fsp3) is 0.318. The predicted molar refractivity (Wildman–Crippen MR) is 133 cm³/mol. The van der Waals surface area contributed by atoms with Crippen molar-refractivity contribution in [1.82, 2.24) is 24.6 Å². The zero-order valence-electron chi connectivity index (χ0n) is 18.0.